The number of piperidine rings is 1. The second-order valence-electron chi connectivity index (χ2n) is 6.74. The number of hydrogen-bond donors (Lipinski definition) is 2. The number of anilines is 1. The number of ether oxygens (including phenoxy) is 1. The zero-order valence-corrected chi connectivity index (χ0v) is 14.6. The zero-order valence-electron chi connectivity index (χ0n) is 13.8. The highest BCUT2D eigenvalue weighted by atomic mass is 32.2. The molecule has 2 heterocycles. The van der Waals surface area contributed by atoms with Crippen molar-refractivity contribution >= 4 is 21.4 Å². The highest BCUT2D eigenvalue weighted by Crippen LogP contribution is 2.38. The van der Waals surface area contributed by atoms with Crippen LogP contribution in [0.1, 0.15) is 12.8 Å². The van der Waals surface area contributed by atoms with Crippen LogP contribution in [0.2, 0.25) is 0 Å². The number of likely N-dealkylation sites (tertiary alicyclic amines) is 1. The van der Waals surface area contributed by atoms with Gasteiger partial charge in [0, 0.05) is 24.6 Å². The number of nitro groups is 1. The molecule has 138 valence electrons. The molecular formula is C15H22N4O5S. The van der Waals surface area contributed by atoms with Crippen molar-refractivity contribution in [3.05, 3.63) is 28.3 Å². The molecule has 0 radical (unpaired) electrons. The van der Waals surface area contributed by atoms with E-state index in [1.165, 1.54) is 12.1 Å². The molecule has 10 heteroatoms. The first kappa shape index (κ1) is 18.1. The van der Waals surface area contributed by atoms with Crippen molar-refractivity contribution in [2.45, 2.75) is 17.7 Å². The first-order valence-electron chi connectivity index (χ1n) is 8.14. The van der Waals surface area contributed by atoms with Gasteiger partial charge in [-0.25, -0.2) is 13.6 Å². The standard InChI is InChI=1S/C15H22N4O5S/c16-25(22,23)12-1-2-13(14(9-12)19(20)21)17-5-8-18-6-3-15(4-7-18)10-24-11-15/h1-2,9,17H,3-8,10-11H2,(H2,16,22,23). The van der Waals surface area contributed by atoms with E-state index < -0.39 is 14.9 Å². The SMILES string of the molecule is NS(=O)(=O)c1ccc(NCCN2CCC3(CC2)COC3)c([N+](=O)[O-])c1. The Kier molecular flexibility index (Phi) is 4.96. The molecule has 2 saturated heterocycles. The number of rotatable bonds is 6. The molecule has 3 N–H and O–H groups in total. The van der Waals surface area contributed by atoms with E-state index in [0.717, 1.165) is 51.8 Å². The largest absolute Gasteiger partial charge is 0.380 e. The number of nitro benzene ring substituents is 1. The molecule has 2 fully saturated rings. The number of primary sulfonamides is 1. The number of benzene rings is 1. The summed E-state index contributed by atoms with van der Waals surface area (Å²) >= 11 is 0. The summed E-state index contributed by atoms with van der Waals surface area (Å²) in [7, 11) is -3.97. The maximum absolute atomic E-state index is 11.3. The third-order valence-electron chi connectivity index (χ3n) is 4.97. The van der Waals surface area contributed by atoms with E-state index in [4.69, 9.17) is 9.88 Å². The molecule has 3 rings (SSSR count). The van der Waals surface area contributed by atoms with Gasteiger partial charge in [-0.3, -0.25) is 10.1 Å². The molecule has 2 aliphatic rings. The molecule has 1 aromatic rings. The van der Waals surface area contributed by atoms with Crippen molar-refractivity contribution in [3.8, 4) is 0 Å². The van der Waals surface area contributed by atoms with Crippen LogP contribution in [-0.4, -0.2) is 57.6 Å². The van der Waals surface area contributed by atoms with Crippen LogP contribution in [0.25, 0.3) is 0 Å². The predicted molar refractivity (Wildman–Crippen MR) is 91.9 cm³/mol. The fourth-order valence-electron chi connectivity index (χ4n) is 3.27. The molecule has 0 aliphatic carbocycles. The third kappa shape index (κ3) is 4.09. The van der Waals surface area contributed by atoms with Gasteiger partial charge in [0.1, 0.15) is 5.69 Å². The highest BCUT2D eigenvalue weighted by molar-refractivity contribution is 7.89. The van der Waals surface area contributed by atoms with E-state index in [9.17, 15) is 18.5 Å². The van der Waals surface area contributed by atoms with Gasteiger partial charge < -0.3 is 15.0 Å². The van der Waals surface area contributed by atoms with Gasteiger partial charge in [-0.15, -0.1) is 0 Å². The van der Waals surface area contributed by atoms with E-state index in [-0.39, 0.29) is 10.6 Å². The predicted octanol–water partition coefficient (Wildman–Crippen LogP) is 0.767. The van der Waals surface area contributed by atoms with Gasteiger partial charge >= 0.3 is 0 Å². The molecule has 0 aromatic heterocycles. The maximum atomic E-state index is 11.3. The van der Waals surface area contributed by atoms with Crippen LogP contribution < -0.4 is 10.5 Å². The van der Waals surface area contributed by atoms with Gasteiger partial charge in [-0.2, -0.15) is 0 Å². The van der Waals surface area contributed by atoms with E-state index in [1.54, 1.807) is 0 Å². The Bertz CT molecular complexity index is 753. The summed E-state index contributed by atoms with van der Waals surface area (Å²) < 4.78 is 28.0. The fraction of sp³-hybridized carbons (Fsp3) is 0.600. The second kappa shape index (κ2) is 6.87. The Morgan fingerprint density at radius 3 is 2.52 bits per heavy atom. The summed E-state index contributed by atoms with van der Waals surface area (Å²) in [6, 6.07) is 3.64. The van der Waals surface area contributed by atoms with E-state index in [2.05, 4.69) is 10.2 Å². The minimum atomic E-state index is -3.97. The topological polar surface area (TPSA) is 128 Å². The van der Waals surface area contributed by atoms with Crippen molar-refractivity contribution in [2.75, 3.05) is 44.7 Å². The normalized spacial score (nSPS) is 20.2. The highest BCUT2D eigenvalue weighted by Gasteiger charge is 2.40. The Labute approximate surface area is 146 Å². The summed E-state index contributed by atoms with van der Waals surface area (Å²) in [5.41, 5.74) is 0.376. The van der Waals surface area contributed by atoms with E-state index in [0.29, 0.717) is 17.6 Å². The lowest BCUT2D eigenvalue weighted by molar-refractivity contribution is -0.384. The summed E-state index contributed by atoms with van der Waals surface area (Å²) in [4.78, 5) is 12.6. The van der Waals surface area contributed by atoms with Crippen molar-refractivity contribution in [1.29, 1.82) is 0 Å². The number of sulfonamides is 1. The van der Waals surface area contributed by atoms with Gasteiger partial charge in [-0.05, 0) is 38.1 Å². The van der Waals surface area contributed by atoms with Gasteiger partial charge in [0.25, 0.3) is 5.69 Å². The molecule has 0 atom stereocenters. The van der Waals surface area contributed by atoms with Gasteiger partial charge in [0.15, 0.2) is 0 Å². The first-order valence-corrected chi connectivity index (χ1v) is 9.69. The van der Waals surface area contributed by atoms with Crippen molar-refractivity contribution < 1.29 is 18.1 Å². The van der Waals surface area contributed by atoms with Crippen LogP contribution in [0.15, 0.2) is 23.1 Å². The average Bonchev–Trinajstić information content (AvgIpc) is 2.53. The quantitative estimate of drug-likeness (QED) is 0.559. The summed E-state index contributed by atoms with van der Waals surface area (Å²) in [5.74, 6) is 0. The Morgan fingerprint density at radius 2 is 2.00 bits per heavy atom. The number of nitrogens with two attached hydrogens (primary N) is 1. The van der Waals surface area contributed by atoms with Gasteiger partial charge in [0.05, 0.1) is 23.0 Å². The molecule has 0 bridgehead atoms. The molecule has 2 aliphatic heterocycles. The molecule has 0 amide bonds. The smallest absolute Gasteiger partial charge is 0.293 e. The molecule has 0 unspecified atom stereocenters. The van der Waals surface area contributed by atoms with Crippen LogP contribution in [0.5, 0.6) is 0 Å². The molecule has 1 spiro atoms. The van der Waals surface area contributed by atoms with Gasteiger partial charge in [-0.1, -0.05) is 0 Å². The molecule has 25 heavy (non-hydrogen) atoms. The third-order valence-corrected chi connectivity index (χ3v) is 5.88. The van der Waals surface area contributed by atoms with Crippen LogP contribution >= 0.6 is 0 Å². The fourth-order valence-corrected chi connectivity index (χ4v) is 3.80. The lowest BCUT2D eigenvalue weighted by atomic mass is 9.77. The van der Waals surface area contributed by atoms with Gasteiger partial charge in [0.2, 0.25) is 10.0 Å². The minimum absolute atomic E-state index is 0.270. The first-order chi connectivity index (χ1) is 11.8. The second-order valence-corrected chi connectivity index (χ2v) is 8.30. The van der Waals surface area contributed by atoms with Crippen LogP contribution in [0, 0.1) is 15.5 Å². The summed E-state index contributed by atoms with van der Waals surface area (Å²) in [6.07, 6.45) is 2.24. The minimum Gasteiger partial charge on any atom is -0.380 e. The van der Waals surface area contributed by atoms with E-state index >= 15 is 0 Å². The van der Waals surface area contributed by atoms with Crippen LogP contribution in [0.3, 0.4) is 0 Å². The molecule has 1 aromatic carbocycles. The van der Waals surface area contributed by atoms with Crippen LogP contribution in [0.4, 0.5) is 11.4 Å². The summed E-state index contributed by atoms with van der Waals surface area (Å²) in [5, 5.41) is 19.2. The zero-order chi connectivity index (χ0) is 18.1. The lowest BCUT2D eigenvalue weighted by Gasteiger charge is -2.47. The van der Waals surface area contributed by atoms with E-state index in [1.807, 2.05) is 0 Å². The number of nitrogens with one attached hydrogen (secondary N) is 1. The maximum Gasteiger partial charge on any atom is 0.293 e. The monoisotopic (exact) mass is 370 g/mol. The Balaban J connectivity index is 1.57. The van der Waals surface area contributed by atoms with Crippen molar-refractivity contribution in [1.82, 2.24) is 4.90 Å². The van der Waals surface area contributed by atoms with Crippen molar-refractivity contribution in [3.63, 3.8) is 0 Å². The lowest BCUT2D eigenvalue weighted by Crippen LogP contribution is -2.51. The van der Waals surface area contributed by atoms with Crippen molar-refractivity contribution in [2.24, 2.45) is 10.6 Å². The Morgan fingerprint density at radius 1 is 1.32 bits per heavy atom. The molecular weight excluding hydrogens is 348 g/mol. The summed E-state index contributed by atoms with van der Waals surface area (Å²) in [6.45, 7) is 5.03. The number of nitrogens with zero attached hydrogens (tertiary/aromatic N) is 2. The average molecular weight is 370 g/mol. The van der Waals surface area contributed by atoms with Crippen LogP contribution in [-0.2, 0) is 14.8 Å². The number of hydrogen-bond acceptors (Lipinski definition) is 7. The Hall–Kier alpha value is -1.75. The molecule has 0 saturated carbocycles. The molecule has 9 nitrogen and oxygen atoms in total.